The van der Waals surface area contributed by atoms with Crippen molar-refractivity contribution in [3.63, 3.8) is 0 Å². The zero-order valence-electron chi connectivity index (χ0n) is 11.7. The van der Waals surface area contributed by atoms with Crippen LogP contribution < -0.4 is 5.73 Å². The summed E-state index contributed by atoms with van der Waals surface area (Å²) in [5.41, 5.74) is 4.97. The number of rotatable bonds is 3. The van der Waals surface area contributed by atoms with Crippen molar-refractivity contribution in [3.05, 3.63) is 0 Å². The fourth-order valence-electron chi connectivity index (χ4n) is 3.05. The monoisotopic (exact) mass is 336 g/mol. The Morgan fingerprint density at radius 2 is 2.05 bits per heavy atom. The Balaban J connectivity index is 2.28. The number of carbonyl (C=O) groups excluding carboxylic acids is 1. The normalized spacial score (nSPS) is 34.4. The van der Waals surface area contributed by atoms with Crippen LogP contribution in [-0.2, 0) is 14.6 Å². The van der Waals surface area contributed by atoms with E-state index in [1.165, 1.54) is 11.2 Å². The molecular formula is C12H20N2O3S3. The van der Waals surface area contributed by atoms with Crippen molar-refractivity contribution in [2.24, 2.45) is 17.1 Å². The van der Waals surface area contributed by atoms with Gasteiger partial charge in [-0.1, -0.05) is 19.1 Å². The summed E-state index contributed by atoms with van der Waals surface area (Å²) in [7, 11) is -3.30. The van der Waals surface area contributed by atoms with E-state index in [0.717, 1.165) is 5.75 Å². The molecule has 5 nitrogen and oxygen atoms in total. The average molecular weight is 337 g/mol. The van der Waals surface area contributed by atoms with E-state index in [2.05, 4.69) is 0 Å². The smallest absolute Gasteiger partial charge is 0.236 e. The van der Waals surface area contributed by atoms with Crippen LogP contribution in [0.1, 0.15) is 19.8 Å². The zero-order valence-corrected chi connectivity index (χ0v) is 14.1. The van der Waals surface area contributed by atoms with Crippen molar-refractivity contribution in [2.75, 3.05) is 24.3 Å². The van der Waals surface area contributed by atoms with Crippen LogP contribution in [0.4, 0.5) is 0 Å². The third kappa shape index (κ3) is 2.69. The van der Waals surface area contributed by atoms with Gasteiger partial charge in [-0.2, -0.15) is 11.8 Å². The maximum atomic E-state index is 12.8. The molecule has 1 saturated heterocycles. The molecule has 1 aliphatic heterocycles. The minimum atomic E-state index is -3.30. The van der Waals surface area contributed by atoms with Crippen molar-refractivity contribution in [1.29, 1.82) is 0 Å². The molecule has 2 rings (SSSR count). The molecule has 0 aromatic heterocycles. The van der Waals surface area contributed by atoms with Crippen LogP contribution >= 0.6 is 24.0 Å². The summed E-state index contributed by atoms with van der Waals surface area (Å²) >= 11 is 6.65. The predicted octanol–water partition coefficient (Wildman–Crippen LogP) is 0.635. The molecule has 0 radical (unpaired) electrons. The van der Waals surface area contributed by atoms with Gasteiger partial charge in [0.2, 0.25) is 5.91 Å². The van der Waals surface area contributed by atoms with Crippen molar-refractivity contribution in [1.82, 2.24) is 4.90 Å². The third-order valence-electron chi connectivity index (χ3n) is 4.11. The second kappa shape index (κ2) is 5.46. The molecule has 20 heavy (non-hydrogen) atoms. The lowest BCUT2D eigenvalue weighted by atomic mass is 9.61. The lowest BCUT2D eigenvalue weighted by molar-refractivity contribution is -0.144. The second-order valence-electron chi connectivity index (χ2n) is 5.82. The van der Waals surface area contributed by atoms with Crippen LogP contribution in [0, 0.1) is 11.3 Å². The van der Waals surface area contributed by atoms with Crippen LogP contribution in [0.15, 0.2) is 0 Å². The molecule has 1 atom stereocenters. The maximum Gasteiger partial charge on any atom is 0.236 e. The quantitative estimate of drug-likeness (QED) is 0.762. The molecule has 2 aliphatic rings. The lowest BCUT2D eigenvalue weighted by Gasteiger charge is -2.48. The first-order valence-electron chi connectivity index (χ1n) is 6.56. The summed E-state index contributed by atoms with van der Waals surface area (Å²) < 4.78 is 23.8. The zero-order chi connectivity index (χ0) is 15.1. The standard InChI is InChI=1S/C12H20N2O3S3/c1-8-5-12(6-8,10(13)18)11(15)14-3-4-19-7-9(14)20(2,16)17/h8-9H,3-7H2,1-2H3,(H2,13,18). The van der Waals surface area contributed by atoms with Gasteiger partial charge in [0.05, 0.1) is 10.4 Å². The second-order valence-corrected chi connectivity index (χ2v) is 9.61. The van der Waals surface area contributed by atoms with Crippen LogP contribution in [0.5, 0.6) is 0 Å². The van der Waals surface area contributed by atoms with Crippen molar-refractivity contribution in [3.8, 4) is 0 Å². The first kappa shape index (κ1) is 16.0. The Kier molecular flexibility index (Phi) is 4.37. The summed E-state index contributed by atoms with van der Waals surface area (Å²) in [5.74, 6) is 1.38. The van der Waals surface area contributed by atoms with Crippen LogP contribution in [0.25, 0.3) is 0 Å². The summed E-state index contributed by atoms with van der Waals surface area (Å²) in [6.07, 6.45) is 2.43. The minimum Gasteiger partial charge on any atom is -0.392 e. The van der Waals surface area contributed by atoms with Gasteiger partial charge in [0.15, 0.2) is 9.84 Å². The Hall–Kier alpha value is -0.340. The molecule has 1 saturated carbocycles. The van der Waals surface area contributed by atoms with Gasteiger partial charge in [-0.05, 0) is 18.8 Å². The summed E-state index contributed by atoms with van der Waals surface area (Å²) in [6, 6.07) is 0. The molecule has 2 N–H and O–H groups in total. The van der Waals surface area contributed by atoms with Gasteiger partial charge in [0.1, 0.15) is 5.37 Å². The number of hydrogen-bond acceptors (Lipinski definition) is 5. The summed E-state index contributed by atoms with van der Waals surface area (Å²) in [5, 5.41) is -0.754. The van der Waals surface area contributed by atoms with E-state index in [1.807, 2.05) is 6.92 Å². The number of nitrogens with zero attached hydrogens (tertiary/aromatic N) is 1. The van der Waals surface area contributed by atoms with Crippen molar-refractivity contribution < 1.29 is 13.2 Å². The third-order valence-corrected chi connectivity index (χ3v) is 7.15. The van der Waals surface area contributed by atoms with E-state index < -0.39 is 20.6 Å². The van der Waals surface area contributed by atoms with Gasteiger partial charge in [0.25, 0.3) is 0 Å². The number of carbonyl (C=O) groups is 1. The van der Waals surface area contributed by atoms with Crippen LogP contribution in [0.2, 0.25) is 0 Å². The highest BCUT2D eigenvalue weighted by Gasteiger charge is 2.54. The number of amides is 1. The number of thiocarbonyl (C=S) groups is 1. The highest BCUT2D eigenvalue weighted by atomic mass is 32.2. The summed E-state index contributed by atoms with van der Waals surface area (Å²) in [6.45, 7) is 2.49. The summed E-state index contributed by atoms with van der Waals surface area (Å²) in [4.78, 5) is 14.5. The number of nitrogens with two attached hydrogens (primary N) is 1. The highest BCUT2D eigenvalue weighted by molar-refractivity contribution is 8.00. The topological polar surface area (TPSA) is 80.5 Å². The van der Waals surface area contributed by atoms with Crippen LogP contribution in [0.3, 0.4) is 0 Å². The van der Waals surface area contributed by atoms with Crippen LogP contribution in [-0.4, -0.2) is 53.9 Å². The molecule has 114 valence electrons. The molecule has 1 heterocycles. The van der Waals surface area contributed by atoms with E-state index in [1.54, 1.807) is 11.8 Å². The van der Waals surface area contributed by atoms with Gasteiger partial charge in [-0.25, -0.2) is 8.42 Å². The Morgan fingerprint density at radius 1 is 1.45 bits per heavy atom. The number of thioether (sulfide) groups is 1. The fraction of sp³-hybridized carbons (Fsp3) is 0.833. The molecule has 0 aromatic rings. The fourth-order valence-corrected chi connectivity index (χ4v) is 6.12. The van der Waals surface area contributed by atoms with Crippen molar-refractivity contribution >= 4 is 44.7 Å². The molecule has 0 bridgehead atoms. The maximum absolute atomic E-state index is 12.8. The van der Waals surface area contributed by atoms with Gasteiger partial charge >= 0.3 is 0 Å². The Bertz CT molecular complexity index is 526. The minimum absolute atomic E-state index is 0.196. The molecule has 0 aromatic carbocycles. The largest absolute Gasteiger partial charge is 0.392 e. The van der Waals surface area contributed by atoms with Gasteiger partial charge in [-0.15, -0.1) is 0 Å². The molecular weight excluding hydrogens is 316 g/mol. The first-order chi connectivity index (χ1) is 9.18. The predicted molar refractivity (Wildman–Crippen MR) is 85.3 cm³/mol. The Labute approximate surface area is 129 Å². The molecule has 1 amide bonds. The Morgan fingerprint density at radius 3 is 2.50 bits per heavy atom. The van der Waals surface area contributed by atoms with E-state index in [0.29, 0.717) is 31.1 Å². The molecule has 2 fully saturated rings. The van der Waals surface area contributed by atoms with Gasteiger partial charge in [0, 0.05) is 24.3 Å². The first-order valence-corrected chi connectivity index (χ1v) is 10.1. The highest BCUT2D eigenvalue weighted by Crippen LogP contribution is 2.47. The SMILES string of the molecule is CC1CC(C(=O)N2CCSCC2S(C)(=O)=O)(C(N)=S)C1. The van der Waals surface area contributed by atoms with Crippen molar-refractivity contribution in [2.45, 2.75) is 25.1 Å². The average Bonchev–Trinajstić information content (AvgIpc) is 2.32. The molecule has 1 unspecified atom stereocenters. The van der Waals surface area contributed by atoms with E-state index in [-0.39, 0.29) is 10.9 Å². The molecule has 1 aliphatic carbocycles. The van der Waals surface area contributed by atoms with Gasteiger partial charge < -0.3 is 10.6 Å². The molecule has 0 spiro atoms. The lowest BCUT2D eigenvalue weighted by Crippen LogP contribution is -2.61. The molecule has 8 heteroatoms. The van der Waals surface area contributed by atoms with E-state index in [4.69, 9.17) is 18.0 Å². The number of hydrogen-bond donors (Lipinski definition) is 1. The van der Waals surface area contributed by atoms with Gasteiger partial charge in [-0.3, -0.25) is 4.79 Å². The van der Waals surface area contributed by atoms with E-state index >= 15 is 0 Å². The number of sulfone groups is 1. The van der Waals surface area contributed by atoms with E-state index in [9.17, 15) is 13.2 Å².